The zero-order chi connectivity index (χ0) is 14.6. The minimum Gasteiger partial charge on any atom is -0.492 e. The first-order chi connectivity index (χ1) is 8.86. The number of hydrogen-bond acceptors (Lipinski definition) is 3. The van der Waals surface area contributed by atoms with Crippen molar-refractivity contribution in [2.24, 2.45) is 0 Å². The number of ether oxygens (including phenoxy) is 1. The van der Waals surface area contributed by atoms with Gasteiger partial charge in [-0.2, -0.15) is 0 Å². The number of hydrogen-bond donors (Lipinski definition) is 2. The van der Waals surface area contributed by atoms with Crippen molar-refractivity contribution in [2.45, 2.75) is 45.3 Å². The van der Waals surface area contributed by atoms with Crippen molar-refractivity contribution >= 4 is 23.2 Å². The molecule has 108 valence electrons. The first-order valence-corrected chi connectivity index (χ1v) is 7.10. The molecule has 1 aromatic rings. The van der Waals surface area contributed by atoms with Crippen LogP contribution in [0.2, 0.25) is 10.0 Å². The van der Waals surface area contributed by atoms with Crippen LogP contribution >= 0.6 is 23.2 Å². The van der Waals surface area contributed by atoms with E-state index in [1.54, 1.807) is 19.1 Å². The molecule has 0 heterocycles. The first kappa shape index (κ1) is 16.6. The quantitative estimate of drug-likeness (QED) is 0.844. The molecule has 0 aliphatic heterocycles. The van der Waals surface area contributed by atoms with Crippen LogP contribution in [0.3, 0.4) is 0 Å². The average Bonchev–Trinajstić information content (AvgIpc) is 2.31. The lowest BCUT2D eigenvalue weighted by atomic mass is 9.92. The smallest absolute Gasteiger partial charge is 0.141 e. The molecule has 0 saturated carbocycles. The van der Waals surface area contributed by atoms with Gasteiger partial charge in [0.2, 0.25) is 0 Å². The third-order valence-electron chi connectivity index (χ3n) is 3.01. The molecule has 3 atom stereocenters. The van der Waals surface area contributed by atoms with Gasteiger partial charge in [-0.15, -0.1) is 0 Å². The van der Waals surface area contributed by atoms with Gasteiger partial charge in [-0.3, -0.25) is 0 Å². The van der Waals surface area contributed by atoms with E-state index in [0.29, 0.717) is 28.8 Å². The molecule has 0 saturated heterocycles. The highest BCUT2D eigenvalue weighted by molar-refractivity contribution is 6.35. The summed E-state index contributed by atoms with van der Waals surface area (Å²) in [5, 5.41) is 20.1. The van der Waals surface area contributed by atoms with Crippen molar-refractivity contribution in [2.75, 3.05) is 6.61 Å². The molecule has 1 aromatic carbocycles. The molecule has 0 radical (unpaired) electrons. The third-order valence-corrected chi connectivity index (χ3v) is 3.51. The molecule has 2 N–H and O–H groups in total. The summed E-state index contributed by atoms with van der Waals surface area (Å²) >= 11 is 12.1. The zero-order valence-electron chi connectivity index (χ0n) is 11.4. The summed E-state index contributed by atoms with van der Waals surface area (Å²) in [4.78, 5) is 0. The zero-order valence-corrected chi connectivity index (χ0v) is 12.9. The van der Waals surface area contributed by atoms with E-state index in [9.17, 15) is 10.2 Å². The largest absolute Gasteiger partial charge is 0.492 e. The molecule has 0 spiro atoms. The van der Waals surface area contributed by atoms with E-state index in [0.717, 1.165) is 5.56 Å². The van der Waals surface area contributed by atoms with E-state index in [1.807, 2.05) is 13.8 Å². The van der Waals surface area contributed by atoms with Crippen LogP contribution in [0.1, 0.15) is 38.7 Å². The molecule has 3 unspecified atom stereocenters. The lowest BCUT2D eigenvalue weighted by Crippen LogP contribution is -2.24. The number of rotatable bonds is 6. The van der Waals surface area contributed by atoms with Gasteiger partial charge >= 0.3 is 0 Å². The van der Waals surface area contributed by atoms with E-state index in [4.69, 9.17) is 27.9 Å². The Morgan fingerprint density at radius 1 is 1.21 bits per heavy atom. The molecular formula is C14H20Cl2O3. The lowest BCUT2D eigenvalue weighted by Gasteiger charge is -2.22. The summed E-state index contributed by atoms with van der Waals surface area (Å²) in [5.41, 5.74) is 0.846. The monoisotopic (exact) mass is 306 g/mol. The third kappa shape index (κ3) is 4.53. The van der Waals surface area contributed by atoms with E-state index < -0.39 is 12.2 Å². The highest BCUT2D eigenvalue weighted by Gasteiger charge is 2.21. The fourth-order valence-electron chi connectivity index (χ4n) is 1.93. The SMILES string of the molecule is CCOc1c(Cl)cc(Cl)cc1C(C)CC(O)C(C)O. The number of aliphatic hydroxyl groups is 2. The molecule has 0 amide bonds. The van der Waals surface area contributed by atoms with Gasteiger partial charge in [0.05, 0.1) is 23.8 Å². The molecule has 19 heavy (non-hydrogen) atoms. The van der Waals surface area contributed by atoms with Crippen molar-refractivity contribution in [3.05, 3.63) is 27.7 Å². The fraction of sp³-hybridized carbons (Fsp3) is 0.571. The summed E-state index contributed by atoms with van der Waals surface area (Å²) in [6.07, 6.45) is -1.15. The van der Waals surface area contributed by atoms with Gasteiger partial charge in [0.25, 0.3) is 0 Å². The highest BCUT2D eigenvalue weighted by Crippen LogP contribution is 2.38. The van der Waals surface area contributed by atoms with Crippen LogP contribution < -0.4 is 4.74 Å². The number of aliphatic hydroxyl groups excluding tert-OH is 2. The summed E-state index contributed by atoms with van der Waals surface area (Å²) in [5.74, 6) is 0.571. The van der Waals surface area contributed by atoms with Gasteiger partial charge < -0.3 is 14.9 Å². The normalized spacial score (nSPS) is 15.9. The van der Waals surface area contributed by atoms with Crippen LogP contribution in [-0.4, -0.2) is 29.0 Å². The van der Waals surface area contributed by atoms with E-state index in [1.165, 1.54) is 0 Å². The summed E-state index contributed by atoms with van der Waals surface area (Å²) < 4.78 is 5.55. The maximum Gasteiger partial charge on any atom is 0.141 e. The summed E-state index contributed by atoms with van der Waals surface area (Å²) in [6, 6.07) is 3.42. The second kappa shape index (κ2) is 7.34. The average molecular weight is 307 g/mol. The van der Waals surface area contributed by atoms with Crippen molar-refractivity contribution in [1.29, 1.82) is 0 Å². The van der Waals surface area contributed by atoms with Crippen LogP contribution in [0.25, 0.3) is 0 Å². The standard InChI is InChI=1S/C14H20Cl2O3/c1-4-19-14-11(6-10(15)7-12(14)16)8(2)5-13(18)9(3)17/h6-9,13,17-18H,4-5H2,1-3H3. The van der Waals surface area contributed by atoms with Crippen LogP contribution in [0.15, 0.2) is 12.1 Å². The van der Waals surface area contributed by atoms with Crippen molar-refractivity contribution in [3.63, 3.8) is 0 Å². The van der Waals surface area contributed by atoms with Crippen LogP contribution in [-0.2, 0) is 0 Å². The maximum absolute atomic E-state index is 9.76. The predicted molar refractivity (Wildman–Crippen MR) is 78.4 cm³/mol. The van der Waals surface area contributed by atoms with Gasteiger partial charge in [-0.1, -0.05) is 30.1 Å². The Hall–Kier alpha value is -0.480. The molecule has 0 fully saturated rings. The van der Waals surface area contributed by atoms with Crippen molar-refractivity contribution < 1.29 is 14.9 Å². The van der Waals surface area contributed by atoms with Gasteiger partial charge in [0, 0.05) is 10.6 Å². The van der Waals surface area contributed by atoms with Crippen molar-refractivity contribution in [1.82, 2.24) is 0 Å². The van der Waals surface area contributed by atoms with Gasteiger partial charge in [-0.05, 0) is 38.3 Å². The predicted octanol–water partition coefficient (Wildman–Crippen LogP) is 3.63. The Morgan fingerprint density at radius 3 is 2.37 bits per heavy atom. The van der Waals surface area contributed by atoms with Crippen LogP contribution in [0.5, 0.6) is 5.75 Å². The molecule has 0 aromatic heterocycles. The first-order valence-electron chi connectivity index (χ1n) is 6.34. The van der Waals surface area contributed by atoms with Gasteiger partial charge in [0.15, 0.2) is 0 Å². The molecule has 3 nitrogen and oxygen atoms in total. The minimum absolute atomic E-state index is 0.0256. The second-order valence-corrected chi connectivity index (χ2v) is 5.53. The maximum atomic E-state index is 9.76. The Balaban J connectivity index is 3.03. The van der Waals surface area contributed by atoms with E-state index in [-0.39, 0.29) is 5.92 Å². The number of halogens is 2. The lowest BCUT2D eigenvalue weighted by molar-refractivity contribution is 0.0226. The van der Waals surface area contributed by atoms with Gasteiger partial charge in [-0.25, -0.2) is 0 Å². The molecule has 0 bridgehead atoms. The molecule has 1 rings (SSSR count). The van der Waals surface area contributed by atoms with Gasteiger partial charge in [0.1, 0.15) is 5.75 Å². The summed E-state index contributed by atoms with van der Waals surface area (Å²) in [6.45, 7) is 5.88. The van der Waals surface area contributed by atoms with E-state index in [2.05, 4.69) is 0 Å². The Labute approximate surface area is 124 Å². The Bertz CT molecular complexity index is 421. The topological polar surface area (TPSA) is 49.7 Å². The molecule has 0 aliphatic rings. The summed E-state index contributed by atoms with van der Waals surface area (Å²) in [7, 11) is 0. The Morgan fingerprint density at radius 2 is 1.84 bits per heavy atom. The minimum atomic E-state index is -0.790. The highest BCUT2D eigenvalue weighted by atomic mass is 35.5. The fourth-order valence-corrected chi connectivity index (χ4v) is 2.49. The van der Waals surface area contributed by atoms with Crippen LogP contribution in [0, 0.1) is 0 Å². The molecule has 0 aliphatic carbocycles. The molecule has 5 heteroatoms. The van der Waals surface area contributed by atoms with Crippen molar-refractivity contribution in [3.8, 4) is 5.75 Å². The van der Waals surface area contributed by atoms with Crippen LogP contribution in [0.4, 0.5) is 0 Å². The van der Waals surface area contributed by atoms with E-state index >= 15 is 0 Å². The molecular weight excluding hydrogens is 287 g/mol. The second-order valence-electron chi connectivity index (χ2n) is 4.68. The number of benzene rings is 1. The Kier molecular flexibility index (Phi) is 6.40.